The van der Waals surface area contributed by atoms with Crippen molar-refractivity contribution in [2.24, 2.45) is 14.1 Å². The van der Waals surface area contributed by atoms with Crippen molar-refractivity contribution in [1.82, 2.24) is 19.1 Å². The first-order valence-electron chi connectivity index (χ1n) is 14.1. The Hall–Kier alpha value is -4.47. The van der Waals surface area contributed by atoms with E-state index in [0.29, 0.717) is 44.6 Å². The molecule has 6 aromatic rings. The highest BCUT2D eigenvalue weighted by atomic mass is 32.1. The largest absolute Gasteiger partial charge is 0.298 e. The predicted octanol–water partition coefficient (Wildman–Crippen LogP) is 6.07. The van der Waals surface area contributed by atoms with E-state index in [1.54, 1.807) is 38.4 Å². The second kappa shape index (κ2) is 11.6. The summed E-state index contributed by atoms with van der Waals surface area (Å²) < 4.78 is 3.07. The van der Waals surface area contributed by atoms with Crippen LogP contribution in [0.3, 0.4) is 0 Å². The monoisotopic (exact) mass is 618 g/mol. The van der Waals surface area contributed by atoms with E-state index in [2.05, 4.69) is 0 Å². The van der Waals surface area contributed by atoms with E-state index in [-0.39, 0.29) is 16.9 Å². The van der Waals surface area contributed by atoms with Crippen molar-refractivity contribution < 1.29 is 4.79 Å². The highest BCUT2D eigenvalue weighted by molar-refractivity contribution is 7.80. The van der Waals surface area contributed by atoms with Crippen LogP contribution in [0.5, 0.6) is 0 Å². The van der Waals surface area contributed by atoms with E-state index < -0.39 is 10.5 Å². The second-order valence-electron chi connectivity index (χ2n) is 11.0. The van der Waals surface area contributed by atoms with Gasteiger partial charge in [0, 0.05) is 25.2 Å². The highest BCUT2D eigenvalue weighted by Crippen LogP contribution is 2.30. The third-order valence-corrected chi connectivity index (χ3v) is 9.22. The molecule has 2 heterocycles. The second-order valence-corrected chi connectivity index (χ2v) is 12.0. The molecule has 2 atom stereocenters. The molecule has 7 nitrogen and oxygen atoms in total. The van der Waals surface area contributed by atoms with Crippen molar-refractivity contribution in [3.8, 4) is 0 Å². The summed E-state index contributed by atoms with van der Waals surface area (Å²) in [5, 5.41) is 0.278. The number of hydrogen-bond donors (Lipinski definition) is 2. The minimum Gasteiger partial charge on any atom is -0.298 e. The lowest BCUT2D eigenvalue weighted by Gasteiger charge is -2.17. The smallest absolute Gasteiger partial charge is 0.261 e. The zero-order valence-corrected chi connectivity index (χ0v) is 26.4. The molecule has 4 aromatic carbocycles. The Morgan fingerprint density at radius 3 is 1.34 bits per heavy atom. The minimum atomic E-state index is -0.461. The number of benzene rings is 4. The van der Waals surface area contributed by atoms with E-state index in [9.17, 15) is 14.4 Å². The Morgan fingerprint density at radius 1 is 0.614 bits per heavy atom. The van der Waals surface area contributed by atoms with Crippen LogP contribution in [-0.4, -0.2) is 24.9 Å². The fraction of sp³-hybridized carbons (Fsp3) is 0.171. The fourth-order valence-electron chi connectivity index (χ4n) is 5.58. The number of ketones is 1. The van der Waals surface area contributed by atoms with Gasteiger partial charge in [-0.25, -0.2) is 9.97 Å². The van der Waals surface area contributed by atoms with Gasteiger partial charge in [0.25, 0.3) is 11.1 Å². The number of fused-ring (bicyclic) bond motifs is 2. The topological polar surface area (TPSA) is 86.8 Å². The molecular weight excluding hydrogens is 589 g/mol. The summed E-state index contributed by atoms with van der Waals surface area (Å²) in [4.78, 5) is 49.0. The molecule has 0 aliphatic rings. The van der Waals surface area contributed by atoms with Gasteiger partial charge in [-0.1, -0.05) is 72.8 Å². The maximum atomic E-state index is 13.3. The van der Waals surface area contributed by atoms with Crippen molar-refractivity contribution in [3.05, 3.63) is 151 Å². The number of carbonyl (C=O) groups is 1. The molecule has 0 amide bonds. The molecule has 0 fully saturated rings. The molecule has 0 aliphatic heterocycles. The lowest BCUT2D eigenvalue weighted by Crippen LogP contribution is -2.24. The maximum absolute atomic E-state index is 13.3. The predicted molar refractivity (Wildman–Crippen MR) is 181 cm³/mol. The van der Waals surface area contributed by atoms with Gasteiger partial charge >= 0.3 is 0 Å². The first-order valence-corrected chi connectivity index (χ1v) is 15.1. The Morgan fingerprint density at radius 2 is 0.977 bits per heavy atom. The summed E-state index contributed by atoms with van der Waals surface area (Å²) in [6, 6.07) is 25.6. The van der Waals surface area contributed by atoms with Crippen molar-refractivity contribution in [2.75, 3.05) is 0 Å². The van der Waals surface area contributed by atoms with Crippen LogP contribution in [-0.2, 0) is 14.1 Å². The Balaban J connectivity index is 1.24. The summed E-state index contributed by atoms with van der Waals surface area (Å²) in [5.74, 6) is 0.926. The van der Waals surface area contributed by atoms with Crippen LogP contribution in [0.15, 0.2) is 94.5 Å². The van der Waals surface area contributed by atoms with Gasteiger partial charge in [-0.15, -0.1) is 0 Å². The first-order chi connectivity index (χ1) is 21.1. The van der Waals surface area contributed by atoms with Crippen LogP contribution in [0.2, 0.25) is 0 Å². The van der Waals surface area contributed by atoms with Gasteiger partial charge in [0.05, 0.1) is 32.3 Å². The minimum absolute atomic E-state index is 0.116. The van der Waals surface area contributed by atoms with Gasteiger partial charge in [-0.3, -0.25) is 23.5 Å². The molecule has 2 unspecified atom stereocenters. The third-order valence-electron chi connectivity index (χ3n) is 8.16. The number of aromatic nitrogens is 4. The van der Waals surface area contributed by atoms with Crippen LogP contribution < -0.4 is 11.1 Å². The highest BCUT2D eigenvalue weighted by Gasteiger charge is 2.21. The molecule has 0 radical (unpaired) electrons. The lowest BCUT2D eigenvalue weighted by atomic mass is 9.99. The average molecular weight is 619 g/mol. The van der Waals surface area contributed by atoms with E-state index in [4.69, 9.17) is 35.2 Å². The Bertz CT molecular complexity index is 2050. The maximum Gasteiger partial charge on any atom is 0.261 e. The van der Waals surface area contributed by atoms with Crippen molar-refractivity contribution in [1.29, 1.82) is 0 Å². The van der Waals surface area contributed by atoms with Crippen molar-refractivity contribution >= 4 is 52.8 Å². The molecular formula is C35H30N4O3S2. The molecule has 0 bridgehead atoms. The quantitative estimate of drug-likeness (QED) is 0.175. The van der Waals surface area contributed by atoms with Crippen LogP contribution in [0.25, 0.3) is 21.8 Å². The number of aryl methyl sites for hydroxylation is 2. The van der Waals surface area contributed by atoms with Gasteiger partial charge in [0.15, 0.2) is 5.78 Å². The van der Waals surface area contributed by atoms with Gasteiger partial charge in [0.2, 0.25) is 0 Å². The first kappa shape index (κ1) is 29.6. The van der Waals surface area contributed by atoms with Crippen LogP contribution >= 0.6 is 25.3 Å². The van der Waals surface area contributed by atoms with Crippen LogP contribution in [0.1, 0.15) is 60.3 Å². The molecule has 0 spiro atoms. The van der Waals surface area contributed by atoms with Crippen molar-refractivity contribution in [3.63, 3.8) is 0 Å². The standard InChI is InChI=1S/C35H30N4O3S2/c1-19-7-5-9-25-27(19)34(41)38(3)32(36-25)30(43)23-15-11-21(12-16-23)29(40)22-13-17-24(18-14-22)31(44)33-37-26-10-6-8-20(2)28(26)35(42)39(33)4/h5-18,30-31,43-44H,1-4H3. The van der Waals surface area contributed by atoms with Gasteiger partial charge in [-0.05, 0) is 48.2 Å². The number of thiol groups is 2. The molecule has 9 heteroatoms. The SMILES string of the molecule is Cc1cccc2nc(C(S)c3ccc(C(=O)c4ccc(C(S)c5nc6cccc(C)c6c(=O)n5C)cc4)cc3)n(C)c(=O)c12. The van der Waals surface area contributed by atoms with E-state index in [1.807, 2.05) is 74.5 Å². The van der Waals surface area contributed by atoms with Crippen molar-refractivity contribution in [2.45, 2.75) is 24.3 Å². The number of carbonyl (C=O) groups excluding carboxylic acids is 1. The van der Waals surface area contributed by atoms with Gasteiger partial charge in [0.1, 0.15) is 11.6 Å². The molecule has 6 rings (SSSR count). The van der Waals surface area contributed by atoms with E-state index in [0.717, 1.165) is 22.3 Å². The summed E-state index contributed by atoms with van der Waals surface area (Å²) in [5.41, 5.74) is 5.47. The van der Waals surface area contributed by atoms with Crippen LogP contribution in [0, 0.1) is 13.8 Å². The summed E-state index contributed by atoms with van der Waals surface area (Å²) >= 11 is 9.58. The molecule has 2 aromatic heterocycles. The molecule has 0 aliphatic carbocycles. The zero-order valence-electron chi connectivity index (χ0n) is 24.6. The number of nitrogens with zero attached hydrogens (tertiary/aromatic N) is 4. The molecule has 0 N–H and O–H groups in total. The third kappa shape index (κ3) is 5.06. The summed E-state index contributed by atoms with van der Waals surface area (Å²) in [6.07, 6.45) is 0. The fourth-order valence-corrected chi connectivity index (χ4v) is 6.38. The van der Waals surface area contributed by atoms with Crippen LogP contribution in [0.4, 0.5) is 0 Å². The van der Waals surface area contributed by atoms with Gasteiger partial charge in [-0.2, -0.15) is 25.3 Å². The number of hydrogen-bond acceptors (Lipinski definition) is 7. The number of rotatable bonds is 6. The molecule has 0 saturated carbocycles. The van der Waals surface area contributed by atoms with E-state index >= 15 is 0 Å². The molecule has 220 valence electrons. The Labute approximate surface area is 265 Å². The molecule has 0 saturated heterocycles. The van der Waals surface area contributed by atoms with E-state index in [1.165, 1.54) is 9.13 Å². The van der Waals surface area contributed by atoms with Gasteiger partial charge < -0.3 is 0 Å². The normalized spacial score (nSPS) is 12.9. The summed E-state index contributed by atoms with van der Waals surface area (Å²) in [6.45, 7) is 3.80. The average Bonchev–Trinajstić information content (AvgIpc) is 3.03. The Kier molecular flexibility index (Phi) is 7.77. The lowest BCUT2D eigenvalue weighted by molar-refractivity contribution is 0.103. The molecule has 44 heavy (non-hydrogen) atoms. The zero-order chi connectivity index (χ0) is 31.3. The summed E-state index contributed by atoms with van der Waals surface area (Å²) in [7, 11) is 3.40.